The van der Waals surface area contributed by atoms with Crippen molar-refractivity contribution in [2.45, 2.75) is 38.8 Å². The van der Waals surface area contributed by atoms with Gasteiger partial charge in [-0.25, -0.2) is 4.98 Å². The molecule has 4 rings (SSSR count). The summed E-state index contributed by atoms with van der Waals surface area (Å²) in [4.78, 5) is 30.7. The Morgan fingerprint density at radius 1 is 1.03 bits per heavy atom. The van der Waals surface area contributed by atoms with E-state index < -0.39 is 11.8 Å². The van der Waals surface area contributed by atoms with Crippen LogP contribution in [0, 0.1) is 0 Å². The number of aromatic nitrogens is 1. The second kappa shape index (κ2) is 12.4. The number of hydrogen-bond acceptors (Lipinski definition) is 6. The summed E-state index contributed by atoms with van der Waals surface area (Å²) in [6.07, 6.45) is 3.78. The van der Waals surface area contributed by atoms with Crippen molar-refractivity contribution in [2.24, 2.45) is 5.73 Å². The van der Waals surface area contributed by atoms with Gasteiger partial charge in [0.2, 0.25) is 0 Å². The molecule has 1 aromatic heterocycles. The van der Waals surface area contributed by atoms with Gasteiger partial charge in [0, 0.05) is 17.8 Å². The fraction of sp³-hybridized carbons (Fsp3) is 0.296. The van der Waals surface area contributed by atoms with Gasteiger partial charge in [-0.1, -0.05) is 36.2 Å². The lowest BCUT2D eigenvalue weighted by Crippen LogP contribution is -2.34. The van der Waals surface area contributed by atoms with E-state index in [4.69, 9.17) is 33.7 Å². The Labute approximate surface area is 225 Å². The quantitative estimate of drug-likeness (QED) is 0.317. The minimum Gasteiger partial charge on any atom is -0.489 e. The van der Waals surface area contributed by atoms with Crippen LogP contribution >= 0.6 is 23.2 Å². The number of nitrogens with one attached hydrogen (secondary N) is 3. The molecule has 0 radical (unpaired) electrons. The number of nitrogens with two attached hydrogens (primary N) is 1. The fourth-order valence-corrected chi connectivity index (χ4v) is 4.56. The fourth-order valence-electron chi connectivity index (χ4n) is 4.28. The second-order valence-corrected chi connectivity index (χ2v) is 9.54. The normalized spacial score (nSPS) is 13.7. The van der Waals surface area contributed by atoms with Crippen LogP contribution in [-0.2, 0) is 13.0 Å². The van der Waals surface area contributed by atoms with E-state index in [1.54, 1.807) is 30.3 Å². The molecule has 2 heterocycles. The lowest BCUT2D eigenvalue weighted by atomic mass is 9.98. The summed E-state index contributed by atoms with van der Waals surface area (Å²) in [5.74, 6) is -0.0239. The minimum absolute atomic E-state index is 0.00475. The third-order valence-corrected chi connectivity index (χ3v) is 6.65. The number of carbonyl (C=O) groups is 2. The molecule has 194 valence electrons. The zero-order valence-corrected chi connectivity index (χ0v) is 22.0. The molecule has 0 unspecified atom stereocenters. The molecule has 0 aliphatic carbocycles. The molecule has 2 aromatic carbocycles. The topological polar surface area (TPSA) is 118 Å². The van der Waals surface area contributed by atoms with E-state index >= 15 is 0 Å². The first-order valence-corrected chi connectivity index (χ1v) is 12.9. The predicted octanol–water partition coefficient (Wildman–Crippen LogP) is 5.04. The monoisotopic (exact) mass is 541 g/mol. The van der Waals surface area contributed by atoms with Gasteiger partial charge in [0.25, 0.3) is 11.8 Å². The molecule has 3 aromatic rings. The predicted molar refractivity (Wildman–Crippen MR) is 147 cm³/mol. The number of piperidine rings is 1. The van der Waals surface area contributed by atoms with Crippen LogP contribution in [0.1, 0.15) is 51.6 Å². The summed E-state index contributed by atoms with van der Waals surface area (Å²) in [5.41, 5.74) is 8.70. The van der Waals surface area contributed by atoms with E-state index in [0.29, 0.717) is 45.8 Å². The van der Waals surface area contributed by atoms with Gasteiger partial charge >= 0.3 is 0 Å². The second-order valence-electron chi connectivity index (χ2n) is 8.66. The molecule has 0 spiro atoms. The molecule has 1 aliphatic rings. The molecule has 0 atom stereocenters. The van der Waals surface area contributed by atoms with Gasteiger partial charge in [-0.2, -0.15) is 0 Å². The van der Waals surface area contributed by atoms with Crippen molar-refractivity contribution < 1.29 is 14.3 Å². The van der Waals surface area contributed by atoms with E-state index in [-0.39, 0.29) is 11.7 Å². The summed E-state index contributed by atoms with van der Waals surface area (Å²) < 4.78 is 6.42. The van der Waals surface area contributed by atoms with E-state index in [2.05, 4.69) is 20.9 Å². The molecular weight excluding hydrogens is 513 g/mol. The van der Waals surface area contributed by atoms with Crippen LogP contribution in [0.3, 0.4) is 0 Å². The molecule has 1 fully saturated rings. The van der Waals surface area contributed by atoms with Crippen molar-refractivity contribution in [3.8, 4) is 5.75 Å². The zero-order chi connectivity index (χ0) is 26.4. The van der Waals surface area contributed by atoms with E-state index in [1.165, 1.54) is 12.3 Å². The highest BCUT2D eigenvalue weighted by molar-refractivity contribution is 6.31. The Morgan fingerprint density at radius 2 is 1.76 bits per heavy atom. The van der Waals surface area contributed by atoms with Crippen LogP contribution in [0.2, 0.25) is 10.0 Å². The van der Waals surface area contributed by atoms with Gasteiger partial charge in [-0.05, 0) is 79.9 Å². The van der Waals surface area contributed by atoms with Crippen molar-refractivity contribution >= 4 is 46.5 Å². The molecule has 1 saturated heterocycles. The van der Waals surface area contributed by atoms with Crippen molar-refractivity contribution in [3.05, 3.63) is 81.0 Å². The molecule has 37 heavy (non-hydrogen) atoms. The van der Waals surface area contributed by atoms with Crippen LogP contribution in [-0.4, -0.2) is 36.0 Å². The first-order chi connectivity index (χ1) is 17.9. The molecule has 5 N–H and O–H groups in total. The van der Waals surface area contributed by atoms with Crippen LogP contribution in [0.4, 0.5) is 11.5 Å². The Bertz CT molecular complexity index is 1280. The van der Waals surface area contributed by atoms with E-state index in [9.17, 15) is 9.59 Å². The Kier molecular flexibility index (Phi) is 9.00. The highest BCUT2D eigenvalue weighted by Crippen LogP contribution is 2.32. The average Bonchev–Trinajstić information content (AvgIpc) is 2.91. The van der Waals surface area contributed by atoms with Crippen molar-refractivity contribution in [1.82, 2.24) is 10.3 Å². The Morgan fingerprint density at radius 3 is 2.43 bits per heavy atom. The van der Waals surface area contributed by atoms with Gasteiger partial charge in [0.15, 0.2) is 0 Å². The molecule has 10 heteroatoms. The van der Waals surface area contributed by atoms with E-state index in [0.717, 1.165) is 37.1 Å². The highest BCUT2D eigenvalue weighted by Gasteiger charge is 2.24. The van der Waals surface area contributed by atoms with Crippen LogP contribution in [0.25, 0.3) is 0 Å². The lowest BCUT2D eigenvalue weighted by molar-refractivity contribution is 0.101. The van der Waals surface area contributed by atoms with Gasteiger partial charge in [-0.15, -0.1) is 0 Å². The van der Waals surface area contributed by atoms with Crippen LogP contribution in [0.5, 0.6) is 5.75 Å². The van der Waals surface area contributed by atoms with Crippen LogP contribution in [0.15, 0.2) is 48.7 Å². The van der Waals surface area contributed by atoms with Gasteiger partial charge in [0.1, 0.15) is 17.7 Å². The van der Waals surface area contributed by atoms with Crippen LogP contribution < -0.4 is 26.4 Å². The molecule has 0 saturated carbocycles. The summed E-state index contributed by atoms with van der Waals surface area (Å²) >= 11 is 12.1. The SMILES string of the molecule is CCc1c(CN)ccc(C(=O)Nc2ccc(Cl)cc2C(=O)Nc2ccc(Cl)cn2)c1OC1CCNCC1. The maximum atomic E-state index is 13.6. The number of benzene rings is 2. The average molecular weight is 542 g/mol. The first-order valence-electron chi connectivity index (χ1n) is 12.2. The summed E-state index contributed by atoms with van der Waals surface area (Å²) in [6.45, 7) is 4.07. The Balaban J connectivity index is 1.64. The first kappa shape index (κ1) is 26.9. The highest BCUT2D eigenvalue weighted by atomic mass is 35.5. The standard InChI is InChI=1S/C27H29Cl2N5O3/c1-2-20-16(14-30)3-6-21(25(20)37-19-9-11-31-12-10-19)26(35)33-23-7-4-17(28)13-22(23)27(36)34-24-8-5-18(29)15-32-24/h3-8,13,15,19,31H,2,9-12,14,30H2,1H3,(H,33,35)(H,32,34,36). The number of anilines is 2. The maximum Gasteiger partial charge on any atom is 0.259 e. The number of halogens is 2. The summed E-state index contributed by atoms with van der Waals surface area (Å²) in [6, 6.07) is 11.5. The van der Waals surface area contributed by atoms with Crippen molar-refractivity contribution in [1.29, 1.82) is 0 Å². The number of carbonyl (C=O) groups excluding carboxylic acids is 2. The smallest absolute Gasteiger partial charge is 0.259 e. The van der Waals surface area contributed by atoms with Crippen molar-refractivity contribution in [3.63, 3.8) is 0 Å². The number of rotatable bonds is 8. The Hall–Kier alpha value is -3.17. The van der Waals surface area contributed by atoms with Gasteiger partial charge in [-0.3, -0.25) is 9.59 Å². The molecule has 2 amide bonds. The number of amides is 2. The summed E-state index contributed by atoms with van der Waals surface area (Å²) in [7, 11) is 0. The van der Waals surface area contributed by atoms with Crippen molar-refractivity contribution in [2.75, 3.05) is 23.7 Å². The number of pyridine rings is 1. The molecular formula is C27H29Cl2N5O3. The third-order valence-electron chi connectivity index (χ3n) is 6.19. The zero-order valence-electron chi connectivity index (χ0n) is 20.4. The molecule has 0 bridgehead atoms. The maximum absolute atomic E-state index is 13.6. The third kappa shape index (κ3) is 6.59. The number of nitrogens with zero attached hydrogens (tertiary/aromatic N) is 1. The summed E-state index contributed by atoms with van der Waals surface area (Å²) in [5, 5.41) is 9.70. The minimum atomic E-state index is -0.480. The number of ether oxygens (including phenoxy) is 1. The van der Waals surface area contributed by atoms with Gasteiger partial charge in [0.05, 0.1) is 21.8 Å². The largest absolute Gasteiger partial charge is 0.489 e. The molecule has 8 nitrogen and oxygen atoms in total. The lowest BCUT2D eigenvalue weighted by Gasteiger charge is -2.27. The molecule has 1 aliphatic heterocycles. The number of hydrogen-bond donors (Lipinski definition) is 4. The van der Waals surface area contributed by atoms with Gasteiger partial charge < -0.3 is 26.4 Å². The van der Waals surface area contributed by atoms with E-state index in [1.807, 2.05) is 13.0 Å².